The molecule has 3 heterocycles. The molecule has 3 aromatic rings. The highest BCUT2D eigenvalue weighted by Gasteiger charge is 2.37. The zero-order valence-corrected chi connectivity index (χ0v) is 19.4. The predicted molar refractivity (Wildman–Crippen MR) is 120 cm³/mol. The second-order valence-corrected chi connectivity index (χ2v) is 9.23. The van der Waals surface area contributed by atoms with Crippen LogP contribution in [-0.4, -0.2) is 26.8 Å². The van der Waals surface area contributed by atoms with Gasteiger partial charge in [0, 0.05) is 18.2 Å². The maximum absolute atomic E-state index is 12.9. The van der Waals surface area contributed by atoms with Crippen molar-refractivity contribution in [3.63, 3.8) is 0 Å². The number of furan rings is 1. The van der Waals surface area contributed by atoms with Gasteiger partial charge < -0.3 is 9.15 Å². The molecule has 0 radical (unpaired) electrons. The summed E-state index contributed by atoms with van der Waals surface area (Å²) in [6, 6.07) is 7.71. The number of ether oxygens (including phenoxy) is 1. The molecule has 1 amide bonds. The van der Waals surface area contributed by atoms with E-state index in [2.05, 4.69) is 29.0 Å². The lowest BCUT2D eigenvalue weighted by Gasteiger charge is -2.29. The molecule has 7 nitrogen and oxygen atoms in total. The zero-order chi connectivity index (χ0) is 22.3. The quantitative estimate of drug-likeness (QED) is 0.515. The highest BCUT2D eigenvalue weighted by molar-refractivity contribution is 7.99. The van der Waals surface area contributed by atoms with Crippen molar-refractivity contribution in [2.75, 3.05) is 10.7 Å². The van der Waals surface area contributed by atoms with Crippen molar-refractivity contribution < 1.29 is 13.9 Å². The molecular weight excluding hydrogens is 412 g/mol. The fourth-order valence-electron chi connectivity index (χ4n) is 3.68. The van der Waals surface area contributed by atoms with Gasteiger partial charge in [0.15, 0.2) is 11.5 Å². The molecule has 4 rings (SSSR count). The van der Waals surface area contributed by atoms with Crippen LogP contribution in [0.1, 0.15) is 49.6 Å². The Morgan fingerprint density at radius 3 is 2.61 bits per heavy atom. The van der Waals surface area contributed by atoms with Crippen molar-refractivity contribution in [2.45, 2.75) is 52.9 Å². The number of hydrogen-bond acceptors (Lipinski definition) is 7. The standard InChI is InChI=1S/C23H26N4O3S/c1-12(2)11-31-23-24-21-19(25-26-23)17-10-13(3)9-14(4)20(17)27(16(6)28)22(30-21)18-8-7-15(5)29-18/h7-10,12,22H,11H2,1-6H3. The van der Waals surface area contributed by atoms with Crippen LogP contribution in [0.5, 0.6) is 5.88 Å². The van der Waals surface area contributed by atoms with E-state index in [1.165, 1.54) is 18.7 Å². The van der Waals surface area contributed by atoms with Crippen molar-refractivity contribution >= 4 is 23.4 Å². The van der Waals surface area contributed by atoms with Gasteiger partial charge in [-0.3, -0.25) is 9.69 Å². The van der Waals surface area contributed by atoms with Crippen LogP contribution in [0.4, 0.5) is 5.69 Å². The summed E-state index contributed by atoms with van der Waals surface area (Å²) in [7, 11) is 0. The van der Waals surface area contributed by atoms with Gasteiger partial charge in [0.05, 0.1) is 5.69 Å². The first kappa shape index (κ1) is 21.4. The smallest absolute Gasteiger partial charge is 0.247 e. The van der Waals surface area contributed by atoms with Gasteiger partial charge in [0.2, 0.25) is 23.2 Å². The third kappa shape index (κ3) is 4.17. The molecule has 1 atom stereocenters. The van der Waals surface area contributed by atoms with Crippen LogP contribution in [0.3, 0.4) is 0 Å². The van der Waals surface area contributed by atoms with Crippen LogP contribution in [0.15, 0.2) is 33.8 Å². The molecule has 0 saturated heterocycles. The van der Waals surface area contributed by atoms with Crippen molar-refractivity contribution in [3.8, 4) is 17.1 Å². The molecule has 1 aliphatic heterocycles. The van der Waals surface area contributed by atoms with Crippen LogP contribution >= 0.6 is 11.8 Å². The Morgan fingerprint density at radius 2 is 1.97 bits per heavy atom. The molecule has 0 aliphatic carbocycles. The highest BCUT2D eigenvalue weighted by atomic mass is 32.2. The number of carbonyl (C=O) groups excluding carboxylic acids is 1. The van der Waals surface area contributed by atoms with E-state index in [0.29, 0.717) is 28.4 Å². The van der Waals surface area contributed by atoms with Crippen molar-refractivity contribution in [1.29, 1.82) is 0 Å². The van der Waals surface area contributed by atoms with E-state index in [1.54, 1.807) is 4.90 Å². The Labute approximate surface area is 186 Å². The number of benzene rings is 1. The van der Waals surface area contributed by atoms with E-state index >= 15 is 0 Å². The van der Waals surface area contributed by atoms with Crippen LogP contribution < -0.4 is 9.64 Å². The molecule has 0 spiro atoms. The first-order valence-corrected chi connectivity index (χ1v) is 11.2. The van der Waals surface area contributed by atoms with Crippen molar-refractivity contribution in [1.82, 2.24) is 15.2 Å². The van der Waals surface area contributed by atoms with E-state index in [-0.39, 0.29) is 5.91 Å². The number of hydrogen-bond donors (Lipinski definition) is 0. The summed E-state index contributed by atoms with van der Waals surface area (Å²) in [6.45, 7) is 11.7. The molecule has 162 valence electrons. The van der Waals surface area contributed by atoms with Crippen LogP contribution in [-0.2, 0) is 4.79 Å². The normalized spacial score (nSPS) is 15.3. The van der Waals surface area contributed by atoms with Crippen LogP contribution in [0.25, 0.3) is 11.3 Å². The summed E-state index contributed by atoms with van der Waals surface area (Å²) in [4.78, 5) is 19.2. The molecule has 2 aromatic heterocycles. The van der Waals surface area contributed by atoms with Gasteiger partial charge in [-0.25, -0.2) is 0 Å². The fourth-order valence-corrected chi connectivity index (χ4v) is 4.41. The summed E-state index contributed by atoms with van der Waals surface area (Å²) in [6.07, 6.45) is -0.799. The lowest BCUT2D eigenvalue weighted by Crippen LogP contribution is -2.36. The first-order valence-electron chi connectivity index (χ1n) is 10.3. The molecule has 0 bridgehead atoms. The maximum Gasteiger partial charge on any atom is 0.247 e. The van der Waals surface area contributed by atoms with Crippen LogP contribution in [0, 0.1) is 26.7 Å². The first-order chi connectivity index (χ1) is 14.7. The van der Waals surface area contributed by atoms with Gasteiger partial charge in [0.1, 0.15) is 5.76 Å². The molecule has 1 aromatic carbocycles. The number of fused-ring (bicyclic) bond motifs is 3. The summed E-state index contributed by atoms with van der Waals surface area (Å²) < 4.78 is 12.2. The summed E-state index contributed by atoms with van der Waals surface area (Å²) in [5.41, 5.74) is 4.02. The van der Waals surface area contributed by atoms with Crippen LogP contribution in [0.2, 0.25) is 0 Å². The fraction of sp³-hybridized carbons (Fsp3) is 0.391. The highest BCUT2D eigenvalue weighted by Crippen LogP contribution is 2.45. The third-order valence-electron chi connectivity index (χ3n) is 4.92. The average molecular weight is 439 g/mol. The SMILES string of the molecule is CC(=O)N1c2c(C)cc(C)cc2-c2nnc(SCC(C)C)nc2OC1c1ccc(C)o1. The van der Waals surface area contributed by atoms with E-state index in [4.69, 9.17) is 9.15 Å². The zero-order valence-electron chi connectivity index (χ0n) is 18.6. The van der Waals surface area contributed by atoms with Crippen molar-refractivity contribution in [3.05, 3.63) is 46.9 Å². The largest absolute Gasteiger partial charge is 0.460 e. The van der Waals surface area contributed by atoms with Crippen molar-refractivity contribution in [2.24, 2.45) is 5.92 Å². The Kier molecular flexibility index (Phi) is 5.75. The second-order valence-electron chi connectivity index (χ2n) is 8.24. The van der Waals surface area contributed by atoms with E-state index in [1.807, 2.05) is 45.0 Å². The molecule has 0 saturated carbocycles. The number of thioether (sulfide) groups is 1. The van der Waals surface area contributed by atoms with E-state index in [0.717, 1.165) is 33.9 Å². The van der Waals surface area contributed by atoms with Gasteiger partial charge in [-0.1, -0.05) is 37.2 Å². The number of carbonyl (C=O) groups is 1. The summed E-state index contributed by atoms with van der Waals surface area (Å²) in [5, 5.41) is 9.36. The number of aromatic nitrogens is 3. The van der Waals surface area contributed by atoms with Gasteiger partial charge >= 0.3 is 0 Å². The average Bonchev–Trinajstić information content (AvgIpc) is 3.06. The minimum Gasteiger partial charge on any atom is -0.460 e. The van der Waals surface area contributed by atoms with Gasteiger partial charge in [-0.05, 0) is 50.5 Å². The lowest BCUT2D eigenvalue weighted by atomic mass is 10.0. The number of nitrogens with zero attached hydrogens (tertiary/aromatic N) is 4. The molecule has 8 heteroatoms. The monoisotopic (exact) mass is 438 g/mol. The third-order valence-corrected chi connectivity index (χ3v) is 6.19. The molecule has 1 aliphatic rings. The predicted octanol–water partition coefficient (Wildman–Crippen LogP) is 5.25. The Hall–Kier alpha value is -2.87. The van der Waals surface area contributed by atoms with E-state index < -0.39 is 6.23 Å². The Morgan fingerprint density at radius 1 is 1.19 bits per heavy atom. The Balaban J connectivity index is 1.94. The second kappa shape index (κ2) is 8.34. The van der Waals surface area contributed by atoms with E-state index in [9.17, 15) is 4.79 Å². The van der Waals surface area contributed by atoms with Gasteiger partial charge in [0.25, 0.3) is 0 Å². The molecule has 1 unspecified atom stereocenters. The van der Waals surface area contributed by atoms with Gasteiger partial charge in [-0.15, -0.1) is 10.2 Å². The molecule has 0 N–H and O–H groups in total. The summed E-state index contributed by atoms with van der Waals surface area (Å²) >= 11 is 1.54. The number of anilines is 1. The lowest BCUT2D eigenvalue weighted by molar-refractivity contribution is -0.118. The molecular formula is C23H26N4O3S. The minimum absolute atomic E-state index is 0.164. The minimum atomic E-state index is -0.799. The Bertz CT molecular complexity index is 1140. The maximum atomic E-state index is 12.9. The molecule has 31 heavy (non-hydrogen) atoms. The van der Waals surface area contributed by atoms with Gasteiger partial charge in [-0.2, -0.15) is 4.98 Å². The summed E-state index contributed by atoms with van der Waals surface area (Å²) in [5.74, 6) is 2.81. The number of rotatable bonds is 4. The number of aryl methyl sites for hydroxylation is 3. The molecule has 0 fully saturated rings. The topological polar surface area (TPSA) is 81.4 Å². The number of amides is 1.